The van der Waals surface area contributed by atoms with Crippen LogP contribution < -0.4 is 15.0 Å². The topological polar surface area (TPSA) is 63.2 Å². The maximum atomic E-state index is 5.48. The lowest BCUT2D eigenvalue weighted by Crippen LogP contribution is -2.35. The Morgan fingerprint density at radius 1 is 1.03 bits per heavy atom. The number of nitrogens with zero attached hydrogens (tertiary/aromatic N) is 4. The molecule has 150 valence electrons. The van der Waals surface area contributed by atoms with Gasteiger partial charge in [-0.3, -0.25) is 0 Å². The molecule has 0 amide bonds. The zero-order chi connectivity index (χ0) is 19.9. The number of hydrogen-bond donors (Lipinski definition) is 1. The molecule has 2 heterocycles. The van der Waals surface area contributed by atoms with Crippen molar-refractivity contribution in [3.63, 3.8) is 0 Å². The highest BCUT2D eigenvalue weighted by molar-refractivity contribution is 5.55. The molecule has 1 saturated heterocycles. The van der Waals surface area contributed by atoms with Gasteiger partial charge in [0.05, 0.1) is 12.8 Å². The summed E-state index contributed by atoms with van der Waals surface area (Å²) >= 11 is 0. The third-order valence-corrected chi connectivity index (χ3v) is 5.27. The normalized spacial score (nSPS) is 14.6. The summed E-state index contributed by atoms with van der Waals surface area (Å²) in [6.07, 6.45) is 5.24. The average Bonchev–Trinajstić information content (AvgIpc) is 2.77. The molecule has 1 aliphatic rings. The van der Waals surface area contributed by atoms with Gasteiger partial charge in [-0.15, -0.1) is 5.10 Å². The molecular weight excluding hydrogens is 362 g/mol. The molecule has 0 bridgehead atoms. The van der Waals surface area contributed by atoms with Crippen molar-refractivity contribution < 1.29 is 4.74 Å². The molecule has 6 nitrogen and oxygen atoms in total. The van der Waals surface area contributed by atoms with Gasteiger partial charge in [-0.1, -0.05) is 30.3 Å². The fourth-order valence-corrected chi connectivity index (χ4v) is 3.74. The zero-order valence-electron chi connectivity index (χ0n) is 16.8. The predicted molar refractivity (Wildman–Crippen MR) is 116 cm³/mol. The number of anilines is 3. The molecule has 1 aliphatic heterocycles. The molecule has 6 heteroatoms. The Morgan fingerprint density at radius 3 is 2.52 bits per heavy atom. The maximum absolute atomic E-state index is 5.48. The molecule has 1 fully saturated rings. The first-order valence-corrected chi connectivity index (χ1v) is 10.3. The Labute approximate surface area is 172 Å². The highest BCUT2D eigenvalue weighted by atomic mass is 16.5. The highest BCUT2D eigenvalue weighted by Crippen LogP contribution is 2.25. The van der Waals surface area contributed by atoms with Crippen molar-refractivity contribution in [3.8, 4) is 5.75 Å². The minimum Gasteiger partial charge on any atom is -0.494 e. The number of nitrogens with one attached hydrogen (secondary N) is 1. The molecule has 0 radical (unpaired) electrons. The van der Waals surface area contributed by atoms with E-state index in [1.165, 1.54) is 18.4 Å². The quantitative estimate of drug-likeness (QED) is 0.643. The van der Waals surface area contributed by atoms with E-state index in [2.05, 4.69) is 55.7 Å². The summed E-state index contributed by atoms with van der Waals surface area (Å²) in [7, 11) is 0. The second-order valence-electron chi connectivity index (χ2n) is 7.34. The van der Waals surface area contributed by atoms with E-state index in [0.717, 1.165) is 42.7 Å². The first-order chi connectivity index (χ1) is 14.3. The largest absolute Gasteiger partial charge is 0.494 e. The Morgan fingerprint density at radius 2 is 1.79 bits per heavy atom. The van der Waals surface area contributed by atoms with Gasteiger partial charge in [0.15, 0.2) is 5.82 Å². The van der Waals surface area contributed by atoms with Gasteiger partial charge < -0.3 is 15.0 Å². The number of aromatic nitrogens is 3. The lowest BCUT2D eigenvalue weighted by Gasteiger charge is -2.32. The monoisotopic (exact) mass is 389 g/mol. The van der Waals surface area contributed by atoms with Crippen LogP contribution in [0.5, 0.6) is 5.75 Å². The number of benzene rings is 2. The molecule has 1 N–H and O–H groups in total. The van der Waals surface area contributed by atoms with Crippen molar-refractivity contribution in [2.24, 2.45) is 5.92 Å². The molecule has 0 aliphatic carbocycles. The minimum atomic E-state index is 0.512. The fourth-order valence-electron chi connectivity index (χ4n) is 3.74. The predicted octanol–water partition coefficient (Wildman–Crippen LogP) is 4.47. The zero-order valence-corrected chi connectivity index (χ0v) is 16.8. The van der Waals surface area contributed by atoms with Crippen LogP contribution in [0.1, 0.15) is 25.3 Å². The summed E-state index contributed by atoms with van der Waals surface area (Å²) in [5, 5.41) is 11.5. The summed E-state index contributed by atoms with van der Waals surface area (Å²) in [5.74, 6) is 2.97. The highest BCUT2D eigenvalue weighted by Gasteiger charge is 2.21. The molecule has 2 aromatic carbocycles. The van der Waals surface area contributed by atoms with E-state index in [1.807, 2.05) is 31.2 Å². The fraction of sp³-hybridized carbons (Fsp3) is 0.348. The van der Waals surface area contributed by atoms with Gasteiger partial charge in [-0.2, -0.15) is 10.1 Å². The van der Waals surface area contributed by atoms with Crippen LogP contribution >= 0.6 is 0 Å². The van der Waals surface area contributed by atoms with Crippen LogP contribution in [-0.2, 0) is 6.42 Å². The summed E-state index contributed by atoms with van der Waals surface area (Å²) < 4.78 is 5.48. The Kier molecular flexibility index (Phi) is 6.19. The summed E-state index contributed by atoms with van der Waals surface area (Å²) in [5.41, 5.74) is 2.34. The molecular formula is C23H27N5O. The third-order valence-electron chi connectivity index (χ3n) is 5.27. The van der Waals surface area contributed by atoms with Crippen LogP contribution in [0.15, 0.2) is 60.8 Å². The minimum absolute atomic E-state index is 0.512. The van der Waals surface area contributed by atoms with E-state index in [-0.39, 0.29) is 0 Å². The number of piperidine rings is 1. The summed E-state index contributed by atoms with van der Waals surface area (Å²) in [6, 6.07) is 18.5. The first-order valence-electron chi connectivity index (χ1n) is 10.3. The van der Waals surface area contributed by atoms with Crippen molar-refractivity contribution in [2.75, 3.05) is 29.9 Å². The Bertz CT molecular complexity index is 893. The van der Waals surface area contributed by atoms with Gasteiger partial charge >= 0.3 is 0 Å². The van der Waals surface area contributed by atoms with Gasteiger partial charge in [0.1, 0.15) is 5.75 Å². The van der Waals surface area contributed by atoms with Crippen LogP contribution in [-0.4, -0.2) is 34.9 Å². The summed E-state index contributed by atoms with van der Waals surface area (Å²) in [4.78, 5) is 6.97. The van der Waals surface area contributed by atoms with Crippen molar-refractivity contribution >= 4 is 17.5 Å². The van der Waals surface area contributed by atoms with E-state index in [4.69, 9.17) is 4.74 Å². The van der Waals surface area contributed by atoms with Crippen LogP contribution in [0.2, 0.25) is 0 Å². The van der Waals surface area contributed by atoms with Gasteiger partial charge in [0.25, 0.3) is 0 Å². The third kappa shape index (κ3) is 5.22. The van der Waals surface area contributed by atoms with Crippen molar-refractivity contribution in [3.05, 3.63) is 66.4 Å². The van der Waals surface area contributed by atoms with E-state index in [0.29, 0.717) is 12.6 Å². The van der Waals surface area contributed by atoms with Crippen molar-refractivity contribution in [1.82, 2.24) is 15.2 Å². The standard InChI is InChI=1S/C23H27N5O/c1-2-29-21-10-8-20(9-11-21)25-23-26-22(17-24-27-23)28-14-12-19(13-15-28)16-18-6-4-3-5-7-18/h3-11,17,19H,2,12-16H2,1H3,(H,25,26,27). The average molecular weight is 390 g/mol. The smallest absolute Gasteiger partial charge is 0.249 e. The molecule has 0 unspecified atom stereocenters. The lowest BCUT2D eigenvalue weighted by molar-refractivity contribution is 0.340. The SMILES string of the molecule is CCOc1ccc(Nc2nncc(N3CCC(Cc4ccccc4)CC3)n2)cc1. The van der Waals surface area contributed by atoms with E-state index in [9.17, 15) is 0 Å². The molecule has 1 aromatic heterocycles. The van der Waals surface area contributed by atoms with Crippen LogP contribution in [0, 0.1) is 5.92 Å². The van der Waals surface area contributed by atoms with Crippen LogP contribution in [0.3, 0.4) is 0 Å². The molecule has 0 spiro atoms. The molecule has 0 atom stereocenters. The number of ether oxygens (including phenoxy) is 1. The number of hydrogen-bond acceptors (Lipinski definition) is 6. The van der Waals surface area contributed by atoms with Crippen molar-refractivity contribution in [2.45, 2.75) is 26.2 Å². The second-order valence-corrected chi connectivity index (χ2v) is 7.34. The van der Waals surface area contributed by atoms with Gasteiger partial charge in [0, 0.05) is 18.8 Å². The van der Waals surface area contributed by atoms with Crippen molar-refractivity contribution in [1.29, 1.82) is 0 Å². The number of rotatable bonds is 7. The van der Waals surface area contributed by atoms with Crippen LogP contribution in [0.25, 0.3) is 0 Å². The van der Waals surface area contributed by atoms with Gasteiger partial charge in [-0.25, -0.2) is 0 Å². The first kappa shape index (κ1) is 19.2. The maximum Gasteiger partial charge on any atom is 0.249 e. The van der Waals surface area contributed by atoms with Gasteiger partial charge in [-0.05, 0) is 61.9 Å². The van der Waals surface area contributed by atoms with Gasteiger partial charge in [0.2, 0.25) is 5.95 Å². The van der Waals surface area contributed by atoms with E-state index < -0.39 is 0 Å². The molecule has 0 saturated carbocycles. The van der Waals surface area contributed by atoms with E-state index >= 15 is 0 Å². The molecule has 29 heavy (non-hydrogen) atoms. The second kappa shape index (κ2) is 9.37. The lowest BCUT2D eigenvalue weighted by atomic mass is 9.90. The Hall–Kier alpha value is -3.15. The van der Waals surface area contributed by atoms with Crippen LogP contribution in [0.4, 0.5) is 17.5 Å². The molecule has 4 rings (SSSR count). The van der Waals surface area contributed by atoms with E-state index in [1.54, 1.807) is 6.20 Å². The molecule has 3 aromatic rings. The Balaban J connectivity index is 1.34. The summed E-state index contributed by atoms with van der Waals surface area (Å²) in [6.45, 7) is 4.63.